The lowest BCUT2D eigenvalue weighted by Crippen LogP contribution is -2.30. The van der Waals surface area contributed by atoms with Gasteiger partial charge >= 0.3 is 0 Å². The van der Waals surface area contributed by atoms with Crippen molar-refractivity contribution in [3.63, 3.8) is 0 Å². The number of aryl methyl sites for hydroxylation is 1. The molecule has 3 N–H and O–H groups in total. The first-order valence-corrected chi connectivity index (χ1v) is 10.6. The molecule has 0 fully saturated rings. The quantitative estimate of drug-likeness (QED) is 0.401. The van der Waals surface area contributed by atoms with Crippen LogP contribution in [0.25, 0.3) is 21.5 Å². The Labute approximate surface area is 179 Å². The minimum atomic E-state index is -0.139. The van der Waals surface area contributed by atoms with Crippen molar-refractivity contribution in [1.29, 1.82) is 0 Å². The fourth-order valence-electron chi connectivity index (χ4n) is 3.10. The molecular formula is C22H24N6OS. The van der Waals surface area contributed by atoms with Crippen LogP contribution >= 0.6 is 11.3 Å². The van der Waals surface area contributed by atoms with Crippen molar-refractivity contribution in [3.8, 4) is 11.3 Å². The molecule has 154 valence electrons. The lowest BCUT2D eigenvalue weighted by molar-refractivity contribution is 0.248. The number of aliphatic hydroxyl groups excluding tert-OH is 1. The van der Waals surface area contributed by atoms with Crippen LogP contribution in [0.1, 0.15) is 18.9 Å². The summed E-state index contributed by atoms with van der Waals surface area (Å²) in [5, 5.41) is 17.4. The Morgan fingerprint density at radius 3 is 2.57 bits per heavy atom. The summed E-state index contributed by atoms with van der Waals surface area (Å²) in [4.78, 5) is 17.9. The minimum Gasteiger partial charge on any atom is -0.394 e. The predicted octanol–water partition coefficient (Wildman–Crippen LogP) is 4.63. The van der Waals surface area contributed by atoms with Gasteiger partial charge in [0.1, 0.15) is 5.82 Å². The molecule has 0 radical (unpaired) electrons. The number of nitrogens with one attached hydrogen (secondary N) is 2. The summed E-state index contributed by atoms with van der Waals surface area (Å²) in [6.07, 6.45) is 3.47. The Hall–Kier alpha value is -3.10. The van der Waals surface area contributed by atoms with Crippen molar-refractivity contribution < 1.29 is 5.11 Å². The number of anilines is 3. The van der Waals surface area contributed by atoms with Crippen molar-refractivity contribution in [2.45, 2.75) is 26.8 Å². The van der Waals surface area contributed by atoms with Crippen LogP contribution in [-0.4, -0.2) is 37.7 Å². The van der Waals surface area contributed by atoms with Gasteiger partial charge in [-0.2, -0.15) is 4.98 Å². The molecule has 1 atom stereocenters. The lowest BCUT2D eigenvalue weighted by Gasteiger charge is -2.20. The standard InChI is InChI=1S/C22H24N6OS/c1-13(2)19(12-29)27-22-26-17(15-6-8-23-9-7-15)11-21(28-22)25-16-4-5-20-18(10-16)24-14(3)30-20/h4-11,13,19,29H,12H2,1-3H3,(H2,25,26,27,28)/t19-/m1/s1. The lowest BCUT2D eigenvalue weighted by atomic mass is 10.1. The summed E-state index contributed by atoms with van der Waals surface area (Å²) in [7, 11) is 0. The molecule has 3 heterocycles. The second kappa shape index (κ2) is 8.73. The van der Waals surface area contributed by atoms with Crippen LogP contribution in [0.2, 0.25) is 0 Å². The number of rotatable bonds is 7. The fraction of sp³-hybridized carbons (Fsp3) is 0.273. The monoisotopic (exact) mass is 420 g/mol. The molecule has 4 rings (SSSR count). The molecule has 8 heteroatoms. The summed E-state index contributed by atoms with van der Waals surface area (Å²) in [5.41, 5.74) is 3.57. The van der Waals surface area contributed by atoms with E-state index in [1.54, 1.807) is 23.7 Å². The Morgan fingerprint density at radius 2 is 1.83 bits per heavy atom. The van der Waals surface area contributed by atoms with Gasteiger partial charge in [-0.1, -0.05) is 13.8 Å². The Bertz CT molecular complexity index is 1150. The molecule has 0 saturated heterocycles. The number of pyridine rings is 1. The van der Waals surface area contributed by atoms with Gasteiger partial charge in [-0.05, 0) is 43.2 Å². The van der Waals surface area contributed by atoms with Gasteiger partial charge in [0, 0.05) is 29.7 Å². The highest BCUT2D eigenvalue weighted by atomic mass is 32.1. The van der Waals surface area contributed by atoms with Gasteiger partial charge in [0.25, 0.3) is 0 Å². The van der Waals surface area contributed by atoms with Crippen molar-refractivity contribution in [3.05, 3.63) is 53.8 Å². The Morgan fingerprint density at radius 1 is 1.03 bits per heavy atom. The third kappa shape index (κ3) is 4.55. The van der Waals surface area contributed by atoms with Gasteiger partial charge < -0.3 is 15.7 Å². The molecular weight excluding hydrogens is 396 g/mol. The topological polar surface area (TPSA) is 95.9 Å². The van der Waals surface area contributed by atoms with Crippen molar-refractivity contribution in [1.82, 2.24) is 19.9 Å². The van der Waals surface area contributed by atoms with Crippen LogP contribution in [0, 0.1) is 12.8 Å². The normalized spacial score (nSPS) is 12.3. The molecule has 0 aliphatic heterocycles. The second-order valence-electron chi connectivity index (χ2n) is 7.42. The molecule has 0 aliphatic rings. The van der Waals surface area contributed by atoms with Crippen molar-refractivity contribution in [2.75, 3.05) is 17.2 Å². The largest absolute Gasteiger partial charge is 0.394 e. The van der Waals surface area contributed by atoms with Gasteiger partial charge in [-0.3, -0.25) is 4.98 Å². The van der Waals surface area contributed by atoms with Crippen LogP contribution in [0.5, 0.6) is 0 Å². The summed E-state index contributed by atoms with van der Waals surface area (Å²) in [6, 6.07) is 11.7. The number of fused-ring (bicyclic) bond motifs is 1. The maximum absolute atomic E-state index is 9.70. The summed E-state index contributed by atoms with van der Waals surface area (Å²) in [6.45, 7) is 6.10. The Kier molecular flexibility index (Phi) is 5.87. The maximum atomic E-state index is 9.70. The molecule has 0 amide bonds. The first-order chi connectivity index (χ1) is 14.5. The SMILES string of the molecule is Cc1nc2cc(Nc3cc(-c4ccncc4)nc(N[C@H](CO)C(C)C)n3)ccc2s1. The molecule has 30 heavy (non-hydrogen) atoms. The van der Waals surface area contributed by atoms with E-state index in [1.165, 1.54) is 0 Å². The number of hydrogen-bond acceptors (Lipinski definition) is 8. The number of benzene rings is 1. The van der Waals surface area contributed by atoms with E-state index in [-0.39, 0.29) is 18.6 Å². The summed E-state index contributed by atoms with van der Waals surface area (Å²) >= 11 is 1.68. The number of nitrogens with zero attached hydrogens (tertiary/aromatic N) is 4. The zero-order chi connectivity index (χ0) is 21.1. The van der Waals surface area contributed by atoms with Crippen molar-refractivity contribution >= 4 is 39.0 Å². The van der Waals surface area contributed by atoms with Gasteiger partial charge in [0.05, 0.1) is 33.6 Å². The van der Waals surface area contributed by atoms with Crippen molar-refractivity contribution in [2.24, 2.45) is 5.92 Å². The van der Waals surface area contributed by atoms with E-state index < -0.39 is 0 Å². The van der Waals surface area contributed by atoms with E-state index in [0.717, 1.165) is 32.2 Å². The molecule has 4 aromatic rings. The highest BCUT2D eigenvalue weighted by Gasteiger charge is 2.15. The van der Waals surface area contributed by atoms with Crippen LogP contribution in [0.3, 0.4) is 0 Å². The molecule has 0 aliphatic carbocycles. The zero-order valence-corrected chi connectivity index (χ0v) is 17.9. The third-order valence-electron chi connectivity index (χ3n) is 4.79. The zero-order valence-electron chi connectivity index (χ0n) is 17.1. The molecule has 1 aromatic carbocycles. The highest BCUT2D eigenvalue weighted by Crippen LogP contribution is 2.28. The van der Waals surface area contributed by atoms with E-state index >= 15 is 0 Å². The fourth-order valence-corrected chi connectivity index (χ4v) is 3.91. The van der Waals surface area contributed by atoms with E-state index in [4.69, 9.17) is 0 Å². The summed E-state index contributed by atoms with van der Waals surface area (Å²) in [5.74, 6) is 1.35. The van der Waals surface area contributed by atoms with Crippen LogP contribution in [0.15, 0.2) is 48.8 Å². The van der Waals surface area contributed by atoms with E-state index in [1.807, 2.05) is 51.1 Å². The van der Waals surface area contributed by atoms with E-state index in [0.29, 0.717) is 11.8 Å². The second-order valence-corrected chi connectivity index (χ2v) is 8.65. The maximum Gasteiger partial charge on any atom is 0.225 e. The van der Waals surface area contributed by atoms with Gasteiger partial charge in [0.15, 0.2) is 0 Å². The Balaban J connectivity index is 1.70. The molecule has 0 unspecified atom stereocenters. The number of thiazole rings is 1. The van der Waals surface area contributed by atoms with Crippen LogP contribution in [-0.2, 0) is 0 Å². The number of aromatic nitrogens is 4. The molecule has 0 bridgehead atoms. The van der Waals surface area contributed by atoms with Gasteiger partial charge in [-0.25, -0.2) is 9.97 Å². The first-order valence-electron chi connectivity index (χ1n) is 9.83. The molecule has 7 nitrogen and oxygen atoms in total. The van der Waals surface area contributed by atoms with Gasteiger partial charge in [0.2, 0.25) is 5.95 Å². The minimum absolute atomic E-state index is 0.00309. The molecule has 0 spiro atoms. The predicted molar refractivity (Wildman–Crippen MR) is 122 cm³/mol. The third-order valence-corrected chi connectivity index (χ3v) is 5.74. The highest BCUT2D eigenvalue weighted by molar-refractivity contribution is 7.18. The smallest absolute Gasteiger partial charge is 0.225 e. The first kappa shape index (κ1) is 20.2. The van der Waals surface area contributed by atoms with E-state index in [9.17, 15) is 5.11 Å². The number of hydrogen-bond donors (Lipinski definition) is 3. The average Bonchev–Trinajstić information content (AvgIpc) is 3.11. The average molecular weight is 421 g/mol. The van der Waals surface area contributed by atoms with Crippen LogP contribution < -0.4 is 10.6 Å². The summed E-state index contributed by atoms with van der Waals surface area (Å²) < 4.78 is 1.16. The molecule has 3 aromatic heterocycles. The number of aliphatic hydroxyl groups is 1. The van der Waals surface area contributed by atoms with E-state index in [2.05, 4.69) is 36.6 Å². The van der Waals surface area contributed by atoms with Gasteiger partial charge in [-0.15, -0.1) is 11.3 Å². The molecule has 0 saturated carbocycles. The van der Waals surface area contributed by atoms with Crippen LogP contribution in [0.4, 0.5) is 17.5 Å².